The third-order valence-electron chi connectivity index (χ3n) is 11.6. The fraction of sp³-hybridized carbons (Fsp3) is 0.462. The maximum Gasteiger partial charge on any atom is 0.319 e. The number of alkyl halides is 1. The van der Waals surface area contributed by atoms with Gasteiger partial charge in [0.05, 0.1) is 23.2 Å². The Morgan fingerprint density at radius 3 is 2.76 bits per heavy atom. The van der Waals surface area contributed by atoms with Gasteiger partial charge in [0.1, 0.15) is 41.4 Å². The highest BCUT2D eigenvalue weighted by Crippen LogP contribution is 2.42. The Morgan fingerprint density at radius 1 is 1.07 bits per heavy atom. The molecule has 4 aliphatic heterocycles. The number of rotatable bonds is 7. The lowest BCUT2D eigenvalue weighted by atomic mass is 9.94. The highest BCUT2D eigenvalue weighted by molar-refractivity contribution is 6.02. The summed E-state index contributed by atoms with van der Waals surface area (Å²) < 4.78 is 55.1. The lowest BCUT2D eigenvalue weighted by Crippen LogP contribution is -2.46. The Hall–Kier alpha value is -5.02. The number of fused-ring (bicyclic) bond motifs is 4. The van der Waals surface area contributed by atoms with Gasteiger partial charge in [-0.25, -0.2) is 13.2 Å². The molecular formula is C39H42F3N9O3. The molecule has 54 heavy (non-hydrogen) atoms. The number of halogens is 3. The van der Waals surface area contributed by atoms with Gasteiger partial charge >= 0.3 is 6.01 Å². The van der Waals surface area contributed by atoms with Crippen molar-refractivity contribution >= 4 is 33.4 Å². The quantitative estimate of drug-likeness (QED) is 0.236. The van der Waals surface area contributed by atoms with Crippen LogP contribution in [0, 0.1) is 11.6 Å². The van der Waals surface area contributed by atoms with Gasteiger partial charge in [-0.3, -0.25) is 19.4 Å². The van der Waals surface area contributed by atoms with Crippen LogP contribution in [-0.2, 0) is 19.5 Å². The van der Waals surface area contributed by atoms with Crippen molar-refractivity contribution in [1.29, 1.82) is 0 Å². The molecule has 282 valence electrons. The predicted molar refractivity (Wildman–Crippen MR) is 196 cm³/mol. The van der Waals surface area contributed by atoms with Crippen molar-refractivity contribution in [2.24, 2.45) is 0 Å². The molecule has 0 aliphatic carbocycles. The molecule has 4 aliphatic rings. The zero-order valence-electron chi connectivity index (χ0n) is 30.1. The van der Waals surface area contributed by atoms with E-state index < -0.39 is 23.3 Å². The number of nitrogens with zero attached hydrogens (tertiary/aromatic N) is 8. The molecular weight excluding hydrogens is 699 g/mol. The van der Waals surface area contributed by atoms with Crippen molar-refractivity contribution in [1.82, 2.24) is 39.8 Å². The van der Waals surface area contributed by atoms with Crippen molar-refractivity contribution < 1.29 is 27.8 Å². The van der Waals surface area contributed by atoms with E-state index in [1.54, 1.807) is 11.0 Å². The van der Waals surface area contributed by atoms with Gasteiger partial charge in [-0.15, -0.1) is 0 Å². The molecule has 1 amide bonds. The summed E-state index contributed by atoms with van der Waals surface area (Å²) in [6.45, 7) is 7.25. The van der Waals surface area contributed by atoms with E-state index in [1.807, 2.05) is 22.6 Å². The molecule has 0 radical (unpaired) electrons. The first-order valence-electron chi connectivity index (χ1n) is 18.9. The van der Waals surface area contributed by atoms with Gasteiger partial charge in [0, 0.05) is 64.0 Å². The maximum atomic E-state index is 17.2. The molecule has 12 nitrogen and oxygen atoms in total. The largest absolute Gasteiger partial charge is 0.508 e. The molecule has 2 atom stereocenters. The van der Waals surface area contributed by atoms with Crippen LogP contribution in [-0.4, -0.2) is 110 Å². The predicted octanol–water partition coefficient (Wildman–Crippen LogP) is 5.00. The van der Waals surface area contributed by atoms with Crippen LogP contribution in [0.5, 0.6) is 11.8 Å². The molecule has 7 heterocycles. The minimum atomic E-state index is -0.951. The second-order valence-corrected chi connectivity index (χ2v) is 14.9. The molecule has 0 spiro atoms. The summed E-state index contributed by atoms with van der Waals surface area (Å²) >= 11 is 0. The van der Waals surface area contributed by atoms with Crippen molar-refractivity contribution in [2.75, 3.05) is 57.3 Å². The number of aromatic hydroxyl groups is 1. The van der Waals surface area contributed by atoms with E-state index in [-0.39, 0.29) is 41.0 Å². The number of hydrogen-bond donors (Lipinski definition) is 2. The third kappa shape index (κ3) is 5.97. The van der Waals surface area contributed by atoms with Crippen LogP contribution in [0.4, 0.5) is 19.0 Å². The highest BCUT2D eigenvalue weighted by atomic mass is 19.1. The highest BCUT2D eigenvalue weighted by Gasteiger charge is 2.49. The fourth-order valence-corrected chi connectivity index (χ4v) is 8.97. The molecule has 9 rings (SSSR count). The average molecular weight is 742 g/mol. The number of phenolic OH excluding ortho intramolecular Hbond substituents is 1. The lowest BCUT2D eigenvalue weighted by Gasteiger charge is -2.31. The van der Waals surface area contributed by atoms with E-state index in [9.17, 15) is 14.3 Å². The van der Waals surface area contributed by atoms with E-state index >= 15 is 8.78 Å². The topological polar surface area (TPSA) is 125 Å². The zero-order chi connectivity index (χ0) is 37.1. The Labute approximate surface area is 309 Å². The minimum Gasteiger partial charge on any atom is -0.508 e. The third-order valence-corrected chi connectivity index (χ3v) is 11.6. The maximum absolute atomic E-state index is 17.2. The van der Waals surface area contributed by atoms with E-state index in [0.29, 0.717) is 91.8 Å². The van der Waals surface area contributed by atoms with Crippen LogP contribution in [0.15, 0.2) is 36.5 Å². The molecule has 15 heteroatoms. The summed E-state index contributed by atoms with van der Waals surface area (Å²) in [5, 5.41) is 20.0. The Kier molecular flexibility index (Phi) is 8.80. The number of hydrogen-bond acceptors (Lipinski definition) is 10. The molecule has 0 unspecified atom stereocenters. The number of aryl methyl sites for hydroxylation is 2. The van der Waals surface area contributed by atoms with Crippen LogP contribution >= 0.6 is 0 Å². The van der Waals surface area contributed by atoms with Crippen LogP contribution in [0.1, 0.15) is 54.4 Å². The van der Waals surface area contributed by atoms with Crippen molar-refractivity contribution in [3.63, 3.8) is 0 Å². The lowest BCUT2D eigenvalue weighted by molar-refractivity contribution is 0.0729. The first-order valence-corrected chi connectivity index (χ1v) is 18.9. The molecule has 3 aromatic heterocycles. The number of benzene rings is 2. The van der Waals surface area contributed by atoms with Crippen LogP contribution < -0.4 is 15.0 Å². The monoisotopic (exact) mass is 741 g/mol. The molecule has 2 N–H and O–H groups in total. The number of amides is 1. The van der Waals surface area contributed by atoms with E-state index in [2.05, 4.69) is 25.3 Å². The zero-order valence-corrected chi connectivity index (χ0v) is 30.1. The van der Waals surface area contributed by atoms with E-state index in [4.69, 9.17) is 9.72 Å². The number of pyridine rings is 1. The summed E-state index contributed by atoms with van der Waals surface area (Å²) in [5.74, 6) is -1.03. The number of carbonyl (C=O) groups excluding carboxylic acids is 1. The first-order chi connectivity index (χ1) is 26.2. The van der Waals surface area contributed by atoms with E-state index in [0.717, 1.165) is 38.2 Å². The van der Waals surface area contributed by atoms with Crippen molar-refractivity contribution in [3.8, 4) is 23.0 Å². The number of carbonyl (C=O) groups is 1. The van der Waals surface area contributed by atoms with Gasteiger partial charge in [0.25, 0.3) is 5.91 Å². The van der Waals surface area contributed by atoms with Gasteiger partial charge < -0.3 is 25.0 Å². The standard InChI is InChI=1S/C39H42F3N9O3/c1-2-27-30(41)6-5-23-15-26(52)17-28(32(23)27)34-33(42)35-29(19-44-34)36(46-38(45-35)54-22-39-7-3-11-50(39)20-24(40)18-39)49-10-4-12-51-25(21-49)16-31(47-51)37(53)48-13-8-43-9-14-48/h5-6,15-17,19,24,43,52H,2-4,7-14,18,20-22H2,1H3/t24-,39+/m1/s1. The first kappa shape index (κ1) is 34.7. The molecule has 5 aromatic rings. The SMILES string of the molecule is CCc1c(F)ccc2cc(O)cc(-c3ncc4c(N5CCCn6nc(C(=O)N7CCNCC7)cc6C5)nc(OC[C@@]56CCCN5C[C@H](F)C6)nc4c3F)c12. The minimum absolute atomic E-state index is 0.0474. The molecule has 3 saturated heterocycles. The Bertz CT molecular complexity index is 2280. The number of ether oxygens (including phenoxy) is 1. The molecule has 0 bridgehead atoms. The number of piperazine rings is 1. The van der Waals surface area contributed by atoms with Gasteiger partial charge in [-0.1, -0.05) is 13.0 Å². The van der Waals surface area contributed by atoms with Crippen molar-refractivity contribution in [2.45, 2.75) is 63.8 Å². The molecule has 3 fully saturated rings. The summed E-state index contributed by atoms with van der Waals surface area (Å²) in [4.78, 5) is 33.4. The number of anilines is 1. The molecule has 2 aromatic carbocycles. The Balaban J connectivity index is 1.14. The summed E-state index contributed by atoms with van der Waals surface area (Å²) in [7, 11) is 0. The second-order valence-electron chi connectivity index (χ2n) is 14.9. The van der Waals surface area contributed by atoms with Crippen LogP contribution in [0.3, 0.4) is 0 Å². The summed E-state index contributed by atoms with van der Waals surface area (Å²) in [5.41, 5.74) is 1.19. The summed E-state index contributed by atoms with van der Waals surface area (Å²) in [6.07, 6.45) is 3.63. The smallest absolute Gasteiger partial charge is 0.319 e. The van der Waals surface area contributed by atoms with Gasteiger partial charge in [0.15, 0.2) is 11.5 Å². The second kappa shape index (κ2) is 13.7. The van der Waals surface area contributed by atoms with E-state index in [1.165, 1.54) is 24.4 Å². The average Bonchev–Trinajstić information content (AvgIpc) is 3.81. The summed E-state index contributed by atoms with van der Waals surface area (Å²) in [6, 6.07) is 7.58. The number of aromatic nitrogens is 5. The Morgan fingerprint density at radius 2 is 1.93 bits per heavy atom. The van der Waals surface area contributed by atoms with Gasteiger partial charge in [-0.05, 0) is 72.8 Å². The van der Waals surface area contributed by atoms with Crippen molar-refractivity contribution in [3.05, 3.63) is 65.1 Å². The normalized spacial score (nSPS) is 21.8. The number of nitrogens with one attached hydrogen (secondary N) is 1. The van der Waals surface area contributed by atoms with Crippen LogP contribution in [0.2, 0.25) is 0 Å². The van der Waals surface area contributed by atoms with Gasteiger partial charge in [0.2, 0.25) is 0 Å². The fourth-order valence-electron chi connectivity index (χ4n) is 8.97. The molecule has 0 saturated carbocycles. The van der Waals surface area contributed by atoms with Crippen LogP contribution in [0.25, 0.3) is 32.9 Å². The number of phenols is 1. The van der Waals surface area contributed by atoms with Gasteiger partial charge in [-0.2, -0.15) is 15.1 Å².